The number of pyridine rings is 1. The molecule has 0 aliphatic rings. The summed E-state index contributed by atoms with van der Waals surface area (Å²) in [5.74, 6) is 1.16. The van der Waals surface area contributed by atoms with Gasteiger partial charge in [-0.2, -0.15) is 4.98 Å². The molecule has 6 heteroatoms. The van der Waals surface area contributed by atoms with Crippen molar-refractivity contribution < 1.29 is 4.74 Å². The van der Waals surface area contributed by atoms with Crippen LogP contribution in [0.1, 0.15) is 12.0 Å². The van der Waals surface area contributed by atoms with Crippen molar-refractivity contribution in [3.8, 4) is 5.88 Å². The zero-order valence-electron chi connectivity index (χ0n) is 11.5. The Hall–Kier alpha value is -2.21. The van der Waals surface area contributed by atoms with Gasteiger partial charge in [0, 0.05) is 37.7 Å². The average molecular weight is 273 g/mol. The first-order chi connectivity index (χ1) is 9.88. The van der Waals surface area contributed by atoms with Gasteiger partial charge in [-0.1, -0.05) is 6.07 Å². The third kappa shape index (κ3) is 4.81. The average Bonchev–Trinajstić information content (AvgIpc) is 2.52. The van der Waals surface area contributed by atoms with Gasteiger partial charge >= 0.3 is 0 Å². The van der Waals surface area contributed by atoms with Crippen LogP contribution in [0.4, 0.5) is 5.95 Å². The minimum Gasteiger partial charge on any atom is -0.481 e. The van der Waals surface area contributed by atoms with Crippen molar-refractivity contribution in [3.05, 3.63) is 42.4 Å². The number of hydrogen-bond donors (Lipinski definition) is 2. The van der Waals surface area contributed by atoms with Gasteiger partial charge in [0.1, 0.15) is 0 Å². The number of nitrogens with zero attached hydrogens (tertiary/aromatic N) is 3. The zero-order valence-corrected chi connectivity index (χ0v) is 11.5. The molecule has 2 aromatic heterocycles. The Morgan fingerprint density at radius 2 is 2.15 bits per heavy atom. The normalized spacial score (nSPS) is 10.2. The molecule has 0 spiro atoms. The van der Waals surface area contributed by atoms with E-state index in [1.807, 2.05) is 12.3 Å². The topological polar surface area (TPSA) is 72.0 Å². The number of ether oxygens (including phenoxy) is 1. The first-order valence-electron chi connectivity index (χ1n) is 6.59. The molecule has 0 unspecified atom stereocenters. The SMILES string of the molecule is COc1ccnc(NCCCNCc2cccnc2)n1. The highest BCUT2D eigenvalue weighted by Crippen LogP contribution is 2.06. The molecule has 20 heavy (non-hydrogen) atoms. The van der Waals surface area contributed by atoms with E-state index in [-0.39, 0.29) is 0 Å². The second kappa shape index (κ2) is 8.06. The molecule has 0 saturated heterocycles. The summed E-state index contributed by atoms with van der Waals surface area (Å²) in [6.07, 6.45) is 6.31. The largest absolute Gasteiger partial charge is 0.481 e. The summed E-state index contributed by atoms with van der Waals surface area (Å²) in [6, 6.07) is 5.72. The number of anilines is 1. The molecule has 0 aliphatic carbocycles. The van der Waals surface area contributed by atoms with E-state index in [4.69, 9.17) is 4.74 Å². The van der Waals surface area contributed by atoms with E-state index in [1.54, 1.807) is 25.6 Å². The Bertz CT molecular complexity index is 506. The molecule has 0 fully saturated rings. The summed E-state index contributed by atoms with van der Waals surface area (Å²) in [6.45, 7) is 2.57. The second-order valence-electron chi connectivity index (χ2n) is 4.24. The van der Waals surface area contributed by atoms with E-state index in [0.717, 1.165) is 26.1 Å². The van der Waals surface area contributed by atoms with Crippen molar-refractivity contribution in [2.75, 3.05) is 25.5 Å². The standard InChI is InChI=1S/C14H19N5O/c1-20-13-5-9-18-14(19-13)17-8-3-7-16-11-12-4-2-6-15-10-12/h2,4-6,9-10,16H,3,7-8,11H2,1H3,(H,17,18,19). The maximum atomic E-state index is 5.04. The molecule has 106 valence electrons. The molecule has 0 bridgehead atoms. The summed E-state index contributed by atoms with van der Waals surface area (Å²) in [5, 5.41) is 6.53. The lowest BCUT2D eigenvalue weighted by atomic mass is 10.3. The second-order valence-corrected chi connectivity index (χ2v) is 4.24. The number of aromatic nitrogens is 3. The first-order valence-corrected chi connectivity index (χ1v) is 6.59. The molecule has 0 aromatic carbocycles. The van der Waals surface area contributed by atoms with E-state index in [1.165, 1.54) is 5.56 Å². The van der Waals surface area contributed by atoms with Crippen LogP contribution in [0, 0.1) is 0 Å². The van der Waals surface area contributed by atoms with Crippen LogP contribution < -0.4 is 15.4 Å². The number of nitrogens with one attached hydrogen (secondary N) is 2. The Kier molecular flexibility index (Phi) is 5.72. The minimum absolute atomic E-state index is 0.567. The van der Waals surface area contributed by atoms with Gasteiger partial charge in [-0.05, 0) is 24.6 Å². The van der Waals surface area contributed by atoms with Crippen molar-refractivity contribution in [2.24, 2.45) is 0 Å². The van der Waals surface area contributed by atoms with Gasteiger partial charge in [0.25, 0.3) is 0 Å². The third-order valence-electron chi connectivity index (χ3n) is 2.70. The molecule has 2 heterocycles. The fourth-order valence-corrected chi connectivity index (χ4v) is 1.69. The van der Waals surface area contributed by atoms with Crippen LogP contribution in [-0.2, 0) is 6.54 Å². The van der Waals surface area contributed by atoms with Crippen LogP contribution in [0.2, 0.25) is 0 Å². The molecule has 2 aromatic rings. The summed E-state index contributed by atoms with van der Waals surface area (Å²) < 4.78 is 5.04. The molecule has 2 N–H and O–H groups in total. The highest BCUT2D eigenvalue weighted by atomic mass is 16.5. The fraction of sp³-hybridized carbons (Fsp3) is 0.357. The van der Waals surface area contributed by atoms with Gasteiger partial charge in [-0.25, -0.2) is 4.98 Å². The summed E-state index contributed by atoms with van der Waals surface area (Å²) in [5.41, 5.74) is 1.19. The fourth-order valence-electron chi connectivity index (χ4n) is 1.69. The lowest BCUT2D eigenvalue weighted by molar-refractivity contribution is 0.397. The molecule has 0 aliphatic heterocycles. The molecule has 0 saturated carbocycles. The molecule has 2 rings (SSSR count). The van der Waals surface area contributed by atoms with Gasteiger partial charge in [-0.15, -0.1) is 0 Å². The smallest absolute Gasteiger partial charge is 0.225 e. The minimum atomic E-state index is 0.567. The zero-order chi connectivity index (χ0) is 14.0. The highest BCUT2D eigenvalue weighted by molar-refractivity contribution is 5.27. The molecular formula is C14H19N5O. The van der Waals surface area contributed by atoms with Crippen molar-refractivity contribution in [3.63, 3.8) is 0 Å². The van der Waals surface area contributed by atoms with E-state index in [2.05, 4.69) is 31.7 Å². The quantitative estimate of drug-likeness (QED) is 0.710. The summed E-state index contributed by atoms with van der Waals surface area (Å²) in [7, 11) is 1.59. The first kappa shape index (κ1) is 14.2. The van der Waals surface area contributed by atoms with Crippen molar-refractivity contribution in [1.82, 2.24) is 20.3 Å². The van der Waals surface area contributed by atoms with Gasteiger partial charge in [0.05, 0.1) is 7.11 Å². The maximum Gasteiger partial charge on any atom is 0.225 e. The monoisotopic (exact) mass is 273 g/mol. The van der Waals surface area contributed by atoms with Crippen LogP contribution in [0.5, 0.6) is 5.88 Å². The molecule has 0 radical (unpaired) electrons. The van der Waals surface area contributed by atoms with Crippen LogP contribution in [0.15, 0.2) is 36.8 Å². The molecular weight excluding hydrogens is 254 g/mol. The Labute approximate surface area is 118 Å². The van der Waals surface area contributed by atoms with E-state index in [9.17, 15) is 0 Å². The Morgan fingerprint density at radius 3 is 2.95 bits per heavy atom. The number of rotatable bonds is 8. The predicted octanol–water partition coefficient (Wildman–Crippen LogP) is 1.47. The Morgan fingerprint density at radius 1 is 1.20 bits per heavy atom. The molecule has 0 amide bonds. The van der Waals surface area contributed by atoms with E-state index >= 15 is 0 Å². The third-order valence-corrected chi connectivity index (χ3v) is 2.70. The van der Waals surface area contributed by atoms with Crippen molar-refractivity contribution in [2.45, 2.75) is 13.0 Å². The Balaban J connectivity index is 1.59. The highest BCUT2D eigenvalue weighted by Gasteiger charge is 1.97. The maximum absolute atomic E-state index is 5.04. The van der Waals surface area contributed by atoms with Gasteiger partial charge in [0.15, 0.2) is 0 Å². The van der Waals surface area contributed by atoms with Crippen LogP contribution in [0.3, 0.4) is 0 Å². The van der Waals surface area contributed by atoms with Gasteiger partial charge in [0.2, 0.25) is 11.8 Å². The van der Waals surface area contributed by atoms with E-state index in [0.29, 0.717) is 11.8 Å². The lowest BCUT2D eigenvalue weighted by Gasteiger charge is -2.07. The van der Waals surface area contributed by atoms with Crippen molar-refractivity contribution in [1.29, 1.82) is 0 Å². The molecule has 6 nitrogen and oxygen atoms in total. The van der Waals surface area contributed by atoms with Gasteiger partial charge in [-0.3, -0.25) is 4.98 Å². The summed E-state index contributed by atoms with van der Waals surface area (Å²) in [4.78, 5) is 12.4. The summed E-state index contributed by atoms with van der Waals surface area (Å²) >= 11 is 0. The number of methoxy groups -OCH3 is 1. The predicted molar refractivity (Wildman–Crippen MR) is 77.6 cm³/mol. The van der Waals surface area contributed by atoms with Crippen LogP contribution >= 0.6 is 0 Å². The number of hydrogen-bond acceptors (Lipinski definition) is 6. The molecule has 0 atom stereocenters. The van der Waals surface area contributed by atoms with Crippen LogP contribution in [-0.4, -0.2) is 35.2 Å². The van der Waals surface area contributed by atoms with Crippen LogP contribution in [0.25, 0.3) is 0 Å². The van der Waals surface area contributed by atoms with Crippen molar-refractivity contribution >= 4 is 5.95 Å². The lowest BCUT2D eigenvalue weighted by Crippen LogP contribution is -2.18. The van der Waals surface area contributed by atoms with E-state index < -0.39 is 0 Å². The van der Waals surface area contributed by atoms with Gasteiger partial charge < -0.3 is 15.4 Å².